The summed E-state index contributed by atoms with van der Waals surface area (Å²) >= 11 is 0. The molecule has 2 aromatic heterocycles. The molecule has 3 fully saturated rings. The Morgan fingerprint density at radius 3 is 2.43 bits per heavy atom. The maximum absolute atomic E-state index is 14.0. The molecule has 65 heavy (non-hydrogen) atoms. The summed E-state index contributed by atoms with van der Waals surface area (Å²) in [6, 6.07) is 13.1. The van der Waals surface area contributed by atoms with Gasteiger partial charge in [0.25, 0.3) is 11.8 Å². The van der Waals surface area contributed by atoms with Crippen molar-refractivity contribution < 1.29 is 28.7 Å². The molecule has 15 nitrogen and oxygen atoms in total. The lowest BCUT2D eigenvalue weighted by atomic mass is 9.88. The molecular formula is C50H61N9O6. The number of likely N-dealkylation sites (tertiary alicyclic amines) is 2. The first-order valence-corrected chi connectivity index (χ1v) is 23.3. The number of nitrogen functional groups attached to an aromatic ring is 1. The zero-order valence-electron chi connectivity index (χ0n) is 37.9. The number of hydrogen-bond acceptors (Lipinski definition) is 10. The standard InChI is InChI=1S/C50H61N9O6/c1-32(2)45-40(44(46-47(51)52-31-53-59(45)46)49(63)54-38-13-9-34(10-14-38)30-65-3)15-11-33-19-26-57(27-20-33)43(61)8-6-4-5-7-23-56-24-21-35(22-25-56)36-12-16-39-37(28-36)29-58(50(39)64)41-17-18-42(60)55-48(41)62/h9-10,12-14,16,28,31-33,35,41H,4-8,17-27,29-30H2,1-3H3,(H,54,63)(H2,51,52,53)(H,55,60,62). The molecule has 1 atom stereocenters. The van der Waals surface area contributed by atoms with Gasteiger partial charge in [0.1, 0.15) is 17.9 Å². The highest BCUT2D eigenvalue weighted by Gasteiger charge is 2.39. The van der Waals surface area contributed by atoms with Crippen LogP contribution >= 0.6 is 0 Å². The molecule has 2 aromatic carbocycles. The Morgan fingerprint density at radius 2 is 1.71 bits per heavy atom. The highest BCUT2D eigenvalue weighted by molar-refractivity contribution is 6.13. The van der Waals surface area contributed by atoms with Gasteiger partial charge in [-0.05, 0) is 111 Å². The average Bonchev–Trinajstić information content (AvgIpc) is 3.82. The maximum Gasteiger partial charge on any atom is 0.259 e. The van der Waals surface area contributed by atoms with Gasteiger partial charge in [-0.3, -0.25) is 29.3 Å². The van der Waals surface area contributed by atoms with E-state index in [-0.39, 0.29) is 53.6 Å². The minimum absolute atomic E-state index is 0.00417. The predicted molar refractivity (Wildman–Crippen MR) is 247 cm³/mol. The summed E-state index contributed by atoms with van der Waals surface area (Å²) in [7, 11) is 1.64. The third-order valence-corrected chi connectivity index (χ3v) is 13.6. The molecule has 4 aliphatic heterocycles. The number of nitrogens with one attached hydrogen (secondary N) is 2. The highest BCUT2D eigenvalue weighted by Crippen LogP contribution is 2.35. The van der Waals surface area contributed by atoms with E-state index in [9.17, 15) is 24.0 Å². The van der Waals surface area contributed by atoms with Crippen LogP contribution in [-0.4, -0.2) is 105 Å². The van der Waals surface area contributed by atoms with Crippen molar-refractivity contribution in [2.75, 3.05) is 50.9 Å². The Bertz CT molecular complexity index is 2490. The molecule has 15 heteroatoms. The first-order chi connectivity index (χ1) is 31.5. The lowest BCUT2D eigenvalue weighted by molar-refractivity contribution is -0.137. The second-order valence-corrected chi connectivity index (χ2v) is 18.3. The van der Waals surface area contributed by atoms with Crippen LogP contribution in [0.5, 0.6) is 0 Å². The van der Waals surface area contributed by atoms with E-state index in [1.807, 2.05) is 49.1 Å². The Hall–Kier alpha value is -6.11. The van der Waals surface area contributed by atoms with Crippen molar-refractivity contribution in [1.82, 2.24) is 34.6 Å². The van der Waals surface area contributed by atoms with Crippen LogP contribution in [0.3, 0.4) is 0 Å². The fourth-order valence-corrected chi connectivity index (χ4v) is 9.97. The SMILES string of the molecule is COCc1ccc(NC(=O)c2c(C#CC3CCN(C(=O)CCCCCCN4CCC(c5ccc6c(c5)CN(C5CCC(=O)NC5=O)C6=O)CC4)CC3)c(C(C)C)n3ncnc(N)c23)cc1. The van der Waals surface area contributed by atoms with Crippen molar-refractivity contribution in [1.29, 1.82) is 0 Å². The number of unbranched alkanes of at least 4 members (excludes halogenated alkanes) is 3. The van der Waals surface area contributed by atoms with Crippen LogP contribution in [0.15, 0.2) is 48.8 Å². The highest BCUT2D eigenvalue weighted by atomic mass is 16.5. The number of carbonyl (C=O) groups is 5. The van der Waals surface area contributed by atoms with Crippen molar-refractivity contribution in [2.24, 2.45) is 5.92 Å². The molecule has 0 saturated carbocycles. The number of anilines is 2. The first-order valence-electron chi connectivity index (χ1n) is 23.3. The van der Waals surface area contributed by atoms with Gasteiger partial charge in [0.2, 0.25) is 17.7 Å². The molecule has 0 radical (unpaired) electrons. The van der Waals surface area contributed by atoms with Crippen LogP contribution in [0.1, 0.15) is 145 Å². The van der Waals surface area contributed by atoms with E-state index >= 15 is 0 Å². The topological polar surface area (TPSA) is 185 Å². The van der Waals surface area contributed by atoms with Crippen LogP contribution in [-0.2, 0) is 32.3 Å². The van der Waals surface area contributed by atoms with E-state index in [0.29, 0.717) is 72.9 Å². The number of piperidine rings is 3. The molecular weight excluding hydrogens is 823 g/mol. The van der Waals surface area contributed by atoms with Gasteiger partial charge in [0.15, 0.2) is 5.82 Å². The summed E-state index contributed by atoms with van der Waals surface area (Å²) < 4.78 is 6.92. The second-order valence-electron chi connectivity index (χ2n) is 18.3. The van der Waals surface area contributed by atoms with Crippen LogP contribution < -0.4 is 16.4 Å². The maximum atomic E-state index is 14.0. The molecule has 4 aliphatic rings. The minimum Gasteiger partial charge on any atom is -0.382 e. The number of rotatable bonds is 14. The molecule has 0 bridgehead atoms. The summed E-state index contributed by atoms with van der Waals surface area (Å²) in [5.41, 5.74) is 13.1. The lowest BCUT2D eigenvalue weighted by Gasteiger charge is -2.32. The van der Waals surface area contributed by atoms with E-state index in [0.717, 1.165) is 87.8 Å². The van der Waals surface area contributed by atoms with Gasteiger partial charge in [-0.1, -0.05) is 62.8 Å². The normalized spacial score (nSPS) is 18.5. The summed E-state index contributed by atoms with van der Waals surface area (Å²) in [5.74, 6) is 6.66. The summed E-state index contributed by atoms with van der Waals surface area (Å²) in [6.07, 6.45) is 10.4. The molecule has 4 aromatic rings. The average molecular weight is 884 g/mol. The van der Waals surface area contributed by atoms with Gasteiger partial charge in [0, 0.05) is 56.8 Å². The van der Waals surface area contributed by atoms with E-state index < -0.39 is 6.04 Å². The minimum atomic E-state index is -0.595. The first kappa shape index (κ1) is 45.5. The summed E-state index contributed by atoms with van der Waals surface area (Å²) in [5, 5.41) is 9.88. The number of carbonyl (C=O) groups excluding carboxylic acids is 5. The van der Waals surface area contributed by atoms with Crippen molar-refractivity contribution in [3.05, 3.63) is 87.9 Å². The van der Waals surface area contributed by atoms with Crippen molar-refractivity contribution >= 4 is 46.6 Å². The lowest BCUT2D eigenvalue weighted by Crippen LogP contribution is -2.52. The number of ether oxygens (including phenoxy) is 1. The molecule has 342 valence electrons. The van der Waals surface area contributed by atoms with Gasteiger partial charge in [-0.2, -0.15) is 5.10 Å². The number of benzene rings is 2. The third-order valence-electron chi connectivity index (χ3n) is 13.6. The smallest absolute Gasteiger partial charge is 0.259 e. The van der Waals surface area contributed by atoms with Crippen molar-refractivity contribution in [3.63, 3.8) is 0 Å². The second kappa shape index (κ2) is 20.4. The van der Waals surface area contributed by atoms with Crippen LogP contribution in [0, 0.1) is 17.8 Å². The summed E-state index contributed by atoms with van der Waals surface area (Å²) in [4.78, 5) is 74.8. The molecule has 0 spiro atoms. The van der Waals surface area contributed by atoms with Gasteiger partial charge >= 0.3 is 0 Å². The Balaban J connectivity index is 0.764. The fourth-order valence-electron chi connectivity index (χ4n) is 9.97. The fraction of sp³-hybridized carbons (Fsp3) is 0.500. The van der Waals surface area contributed by atoms with E-state index in [1.165, 1.54) is 11.9 Å². The van der Waals surface area contributed by atoms with Gasteiger partial charge in [-0.15, -0.1) is 0 Å². The number of amides is 5. The van der Waals surface area contributed by atoms with Crippen molar-refractivity contribution in [3.8, 4) is 11.8 Å². The van der Waals surface area contributed by atoms with E-state index in [2.05, 4.69) is 49.6 Å². The molecule has 8 rings (SSSR count). The third kappa shape index (κ3) is 10.2. The molecule has 0 aliphatic carbocycles. The van der Waals surface area contributed by atoms with Crippen LogP contribution in [0.25, 0.3) is 5.52 Å². The number of hydrogen-bond donors (Lipinski definition) is 3. The Labute approximate surface area is 380 Å². The number of fused-ring (bicyclic) bond motifs is 2. The van der Waals surface area contributed by atoms with Crippen LogP contribution in [0.4, 0.5) is 11.5 Å². The zero-order chi connectivity index (χ0) is 45.6. The van der Waals surface area contributed by atoms with Gasteiger partial charge in [-0.25, -0.2) is 9.50 Å². The number of nitrogens with zero attached hydrogens (tertiary/aromatic N) is 6. The van der Waals surface area contributed by atoms with Gasteiger partial charge < -0.3 is 30.5 Å². The zero-order valence-corrected chi connectivity index (χ0v) is 37.9. The van der Waals surface area contributed by atoms with E-state index in [4.69, 9.17) is 10.5 Å². The monoisotopic (exact) mass is 883 g/mol. The number of methoxy groups -OCH3 is 1. The Kier molecular flexibility index (Phi) is 14.3. The number of imide groups is 1. The van der Waals surface area contributed by atoms with Gasteiger partial charge in [0.05, 0.1) is 23.4 Å². The summed E-state index contributed by atoms with van der Waals surface area (Å²) in [6.45, 7) is 9.43. The molecule has 1 unspecified atom stereocenters. The van der Waals surface area contributed by atoms with Crippen LogP contribution in [0.2, 0.25) is 0 Å². The number of nitrogens with two attached hydrogens (primary N) is 1. The molecule has 4 N–H and O–H groups in total. The molecule has 3 saturated heterocycles. The Morgan fingerprint density at radius 1 is 0.954 bits per heavy atom. The number of aromatic nitrogens is 3. The molecule has 6 heterocycles. The van der Waals surface area contributed by atoms with E-state index in [1.54, 1.807) is 16.5 Å². The largest absolute Gasteiger partial charge is 0.382 e. The predicted octanol–water partition coefficient (Wildman–Crippen LogP) is 6.01. The molecule has 5 amide bonds. The quantitative estimate of drug-likeness (QED) is 0.0770. The van der Waals surface area contributed by atoms with Crippen molar-refractivity contribution in [2.45, 2.75) is 116 Å².